The molecule has 1 fully saturated rings. The molecule has 0 saturated heterocycles. The zero-order valence-corrected chi connectivity index (χ0v) is 22.6. The van der Waals surface area contributed by atoms with E-state index >= 15 is 0 Å². The van der Waals surface area contributed by atoms with Gasteiger partial charge in [-0.25, -0.2) is 8.78 Å². The lowest BCUT2D eigenvalue weighted by molar-refractivity contribution is 0.0604. The van der Waals surface area contributed by atoms with Gasteiger partial charge < -0.3 is 15.0 Å². The summed E-state index contributed by atoms with van der Waals surface area (Å²) in [6, 6.07) is 8.07. The van der Waals surface area contributed by atoms with Crippen LogP contribution in [0.4, 0.5) is 8.78 Å². The molecule has 198 valence electrons. The van der Waals surface area contributed by atoms with E-state index in [1.165, 1.54) is 0 Å². The Morgan fingerprint density at radius 1 is 1.16 bits per heavy atom. The highest BCUT2D eigenvalue weighted by molar-refractivity contribution is 7.21. The summed E-state index contributed by atoms with van der Waals surface area (Å²) in [7, 11) is 3.52. The van der Waals surface area contributed by atoms with Crippen LogP contribution in [0.2, 0.25) is 5.02 Å². The Balaban J connectivity index is 1.56. The second-order valence-corrected chi connectivity index (χ2v) is 10.7. The molecule has 2 aromatic heterocycles. The second-order valence-electron chi connectivity index (χ2n) is 9.32. The molecule has 1 aliphatic rings. The summed E-state index contributed by atoms with van der Waals surface area (Å²) in [5.74, 6) is -0.985. The van der Waals surface area contributed by atoms with Crippen molar-refractivity contribution in [2.24, 2.45) is 0 Å². The van der Waals surface area contributed by atoms with Crippen molar-refractivity contribution in [3.63, 3.8) is 0 Å². The Bertz CT molecular complexity index is 1460. The average Bonchev–Trinajstić information content (AvgIpc) is 3.32. The third-order valence-electron chi connectivity index (χ3n) is 7.16. The fourth-order valence-electron chi connectivity index (χ4n) is 5.10. The molecule has 10 heteroatoms. The molecule has 1 amide bonds. The molecule has 0 atom stereocenters. The molecule has 38 heavy (non-hydrogen) atoms. The molecule has 2 heterocycles. The number of amides is 1. The molecule has 5 rings (SSSR count). The fraction of sp³-hybridized carbons (Fsp3) is 0.321. The number of thiophene rings is 1. The van der Waals surface area contributed by atoms with Gasteiger partial charge in [0.1, 0.15) is 22.3 Å². The summed E-state index contributed by atoms with van der Waals surface area (Å²) in [4.78, 5) is 24.5. The first-order chi connectivity index (χ1) is 18.4. The third kappa shape index (κ3) is 5.10. The summed E-state index contributed by atoms with van der Waals surface area (Å²) < 4.78 is 34.8. The largest absolute Gasteiger partial charge is 0.496 e. The van der Waals surface area contributed by atoms with Gasteiger partial charge in [0.15, 0.2) is 0 Å². The SMILES string of the molecule is CNC1CCC(N(Cc2cc(-c3cnccn3)ccc2OC)C(=O)c2sc3c(F)ccc(F)c3c2Cl)CC1. The van der Waals surface area contributed by atoms with Crippen LogP contribution in [-0.2, 0) is 6.54 Å². The van der Waals surface area contributed by atoms with E-state index in [0.29, 0.717) is 17.5 Å². The summed E-state index contributed by atoms with van der Waals surface area (Å²) in [6.45, 7) is 0.237. The van der Waals surface area contributed by atoms with Crippen molar-refractivity contribution in [3.8, 4) is 17.0 Å². The van der Waals surface area contributed by atoms with Crippen molar-refractivity contribution < 1.29 is 18.3 Å². The standard InChI is InChI=1S/C28H27ClF2N4O2S/c1-32-18-4-6-19(7-5-18)35(28(36)27-25(29)24-20(30)8-9-21(31)26(24)38-27)15-17-13-16(3-10-23(17)37-2)22-14-33-11-12-34-22/h3,8-14,18-19,32H,4-7,15H2,1-2H3. The van der Waals surface area contributed by atoms with E-state index in [0.717, 1.165) is 60.3 Å². The molecule has 2 aromatic carbocycles. The van der Waals surface area contributed by atoms with Gasteiger partial charge in [-0.15, -0.1) is 11.3 Å². The lowest BCUT2D eigenvalue weighted by Crippen LogP contribution is -2.44. The van der Waals surface area contributed by atoms with E-state index in [4.69, 9.17) is 16.3 Å². The maximum atomic E-state index is 14.6. The molecule has 1 saturated carbocycles. The Hall–Kier alpha value is -3.14. The molecular formula is C28H27ClF2N4O2S. The number of ether oxygens (including phenoxy) is 1. The zero-order chi connectivity index (χ0) is 26.8. The van der Waals surface area contributed by atoms with Crippen LogP contribution in [0, 0.1) is 11.6 Å². The molecular weight excluding hydrogens is 530 g/mol. The van der Waals surface area contributed by atoms with Crippen LogP contribution >= 0.6 is 22.9 Å². The topological polar surface area (TPSA) is 67.3 Å². The highest BCUT2D eigenvalue weighted by Gasteiger charge is 2.33. The van der Waals surface area contributed by atoms with Gasteiger partial charge in [-0.3, -0.25) is 14.8 Å². The summed E-state index contributed by atoms with van der Waals surface area (Å²) >= 11 is 7.42. The smallest absolute Gasteiger partial charge is 0.266 e. The van der Waals surface area contributed by atoms with Crippen LogP contribution in [0.25, 0.3) is 21.3 Å². The lowest BCUT2D eigenvalue weighted by atomic mass is 9.89. The third-order valence-corrected chi connectivity index (χ3v) is 8.84. The highest BCUT2D eigenvalue weighted by atomic mass is 35.5. The van der Waals surface area contributed by atoms with Crippen molar-refractivity contribution in [1.82, 2.24) is 20.2 Å². The number of carbonyl (C=O) groups excluding carboxylic acids is 1. The number of nitrogens with zero attached hydrogens (tertiary/aromatic N) is 3. The van der Waals surface area contributed by atoms with Gasteiger partial charge in [0.05, 0.1) is 34.1 Å². The van der Waals surface area contributed by atoms with E-state index in [1.54, 1.807) is 30.6 Å². The number of rotatable bonds is 7. The summed E-state index contributed by atoms with van der Waals surface area (Å²) in [6.07, 6.45) is 8.29. The van der Waals surface area contributed by atoms with Gasteiger partial charge in [-0.2, -0.15) is 0 Å². The Labute approximate surface area is 228 Å². The number of hydrogen-bond acceptors (Lipinski definition) is 6. The lowest BCUT2D eigenvalue weighted by Gasteiger charge is -2.37. The number of halogens is 3. The van der Waals surface area contributed by atoms with E-state index in [1.807, 2.05) is 25.2 Å². The van der Waals surface area contributed by atoms with Gasteiger partial charge in [-0.1, -0.05) is 11.6 Å². The first kappa shape index (κ1) is 26.5. The quantitative estimate of drug-likeness (QED) is 0.282. The zero-order valence-electron chi connectivity index (χ0n) is 21.0. The van der Waals surface area contributed by atoms with Gasteiger partial charge in [0.25, 0.3) is 5.91 Å². The molecule has 6 nitrogen and oxygen atoms in total. The van der Waals surface area contributed by atoms with Gasteiger partial charge >= 0.3 is 0 Å². The van der Waals surface area contributed by atoms with E-state index in [-0.39, 0.29) is 38.5 Å². The van der Waals surface area contributed by atoms with Crippen molar-refractivity contribution in [1.29, 1.82) is 0 Å². The minimum Gasteiger partial charge on any atom is -0.496 e. The van der Waals surface area contributed by atoms with Crippen molar-refractivity contribution in [3.05, 3.63) is 76.0 Å². The van der Waals surface area contributed by atoms with Crippen LogP contribution < -0.4 is 10.1 Å². The minimum absolute atomic E-state index is 0.0411. The predicted molar refractivity (Wildman–Crippen MR) is 146 cm³/mol. The number of nitrogens with one attached hydrogen (secondary N) is 1. The fourth-order valence-corrected chi connectivity index (χ4v) is 6.61. The van der Waals surface area contributed by atoms with Gasteiger partial charge in [0.2, 0.25) is 0 Å². The number of fused-ring (bicyclic) bond motifs is 1. The van der Waals surface area contributed by atoms with Crippen molar-refractivity contribution in [2.75, 3.05) is 14.2 Å². The van der Waals surface area contributed by atoms with Crippen molar-refractivity contribution >= 4 is 38.9 Å². The Morgan fingerprint density at radius 3 is 2.58 bits per heavy atom. The van der Waals surface area contributed by atoms with Crippen LogP contribution in [0.5, 0.6) is 5.75 Å². The molecule has 0 radical (unpaired) electrons. The minimum atomic E-state index is -0.652. The van der Waals surface area contributed by atoms with E-state index < -0.39 is 11.6 Å². The van der Waals surface area contributed by atoms with Crippen LogP contribution in [0.1, 0.15) is 40.9 Å². The van der Waals surface area contributed by atoms with Crippen LogP contribution in [0.15, 0.2) is 48.9 Å². The Morgan fingerprint density at radius 2 is 1.92 bits per heavy atom. The first-order valence-electron chi connectivity index (χ1n) is 12.4. The number of carbonyl (C=O) groups is 1. The molecule has 0 bridgehead atoms. The van der Waals surface area contributed by atoms with Crippen LogP contribution in [0.3, 0.4) is 0 Å². The van der Waals surface area contributed by atoms with Gasteiger partial charge in [0, 0.05) is 42.1 Å². The highest BCUT2D eigenvalue weighted by Crippen LogP contribution is 2.40. The number of methoxy groups -OCH3 is 1. The molecule has 0 spiro atoms. The molecule has 0 unspecified atom stereocenters. The monoisotopic (exact) mass is 556 g/mol. The average molecular weight is 557 g/mol. The number of benzene rings is 2. The Kier molecular flexibility index (Phi) is 7.88. The maximum Gasteiger partial charge on any atom is 0.266 e. The number of hydrogen-bond donors (Lipinski definition) is 1. The first-order valence-corrected chi connectivity index (χ1v) is 13.6. The molecule has 0 aliphatic heterocycles. The molecule has 1 N–H and O–H groups in total. The maximum absolute atomic E-state index is 14.6. The predicted octanol–water partition coefficient (Wildman–Crippen LogP) is 6.47. The van der Waals surface area contributed by atoms with E-state index in [2.05, 4.69) is 15.3 Å². The van der Waals surface area contributed by atoms with Gasteiger partial charge in [-0.05, 0) is 63.1 Å². The van der Waals surface area contributed by atoms with E-state index in [9.17, 15) is 13.6 Å². The summed E-state index contributed by atoms with van der Waals surface area (Å²) in [5, 5.41) is 3.21. The molecule has 4 aromatic rings. The molecule has 1 aliphatic carbocycles. The summed E-state index contributed by atoms with van der Waals surface area (Å²) in [5.41, 5.74) is 2.32. The normalized spacial score (nSPS) is 17.5. The van der Waals surface area contributed by atoms with Crippen molar-refractivity contribution in [2.45, 2.75) is 44.3 Å². The van der Waals surface area contributed by atoms with Crippen LogP contribution in [-0.4, -0.2) is 47.0 Å². The number of aromatic nitrogens is 2. The second kappa shape index (κ2) is 11.3.